The summed E-state index contributed by atoms with van der Waals surface area (Å²) < 4.78 is 79.4. The van der Waals surface area contributed by atoms with E-state index in [4.69, 9.17) is 9.47 Å². The van der Waals surface area contributed by atoms with Crippen LogP contribution in [-0.4, -0.2) is 68.8 Å². The van der Waals surface area contributed by atoms with E-state index < -0.39 is 26.0 Å². The Balaban J connectivity index is 0.000000360. The van der Waals surface area contributed by atoms with Crippen LogP contribution in [0.2, 0.25) is 0 Å². The minimum atomic E-state index is -4.69. The Kier molecular flexibility index (Phi) is 20.8. The molecule has 4 rings (SSSR count). The quantitative estimate of drug-likeness (QED) is 0.0499. The van der Waals surface area contributed by atoms with Crippen molar-refractivity contribution in [2.24, 2.45) is 0 Å². The molecule has 0 saturated carbocycles. The zero-order valence-corrected chi connectivity index (χ0v) is 34.5. The number of para-hydroxylation sites is 2. The van der Waals surface area contributed by atoms with Gasteiger partial charge in [-0.25, -0.2) is 8.42 Å². The van der Waals surface area contributed by atoms with Gasteiger partial charge in [0, 0.05) is 11.1 Å². The molecule has 4 aromatic carbocycles. The first-order chi connectivity index (χ1) is 24.9. The number of unbranched alkanes of at least 4 members (excludes halogenated alkanes) is 10. The van der Waals surface area contributed by atoms with E-state index in [0.717, 1.165) is 69.9 Å². The first kappa shape index (κ1) is 46.3. The van der Waals surface area contributed by atoms with E-state index in [1.165, 1.54) is 25.0 Å². The van der Waals surface area contributed by atoms with Crippen molar-refractivity contribution in [3.63, 3.8) is 0 Å². The van der Waals surface area contributed by atoms with Crippen LogP contribution in [0.5, 0.6) is 34.5 Å². The molecule has 0 atom stereocenters. The van der Waals surface area contributed by atoms with Crippen LogP contribution in [0.3, 0.4) is 0 Å². The van der Waals surface area contributed by atoms with Crippen LogP contribution < -0.4 is 14.6 Å². The Morgan fingerprint density at radius 1 is 0.566 bits per heavy atom. The van der Waals surface area contributed by atoms with Crippen molar-refractivity contribution in [1.29, 1.82) is 0 Å². The van der Waals surface area contributed by atoms with E-state index in [1.54, 1.807) is 54.6 Å². The molecule has 284 valence electrons. The van der Waals surface area contributed by atoms with E-state index in [-0.39, 0.29) is 70.3 Å². The molecule has 0 amide bonds. The van der Waals surface area contributed by atoms with Gasteiger partial charge >= 0.3 is 37.7 Å². The van der Waals surface area contributed by atoms with Crippen molar-refractivity contribution in [1.82, 2.24) is 0 Å². The molecule has 0 aliphatic rings. The average Bonchev–Trinajstić information content (AvgIpc) is 3.10. The fourth-order valence-corrected chi connectivity index (χ4v) is 7.22. The van der Waals surface area contributed by atoms with Crippen LogP contribution in [0.25, 0.3) is 0 Å². The van der Waals surface area contributed by atoms with Crippen LogP contribution >= 0.6 is 0 Å². The SMILES string of the molecule is CCCCCCCCc1c(S(=O)(=O)O)ccc(O)c1Oc1ccccc1.CCCCCCCCc1c(S(=O)(=O)[O-])ccc([O-])c1Oc1ccccc1.[Ca+2]. The number of hydrogen-bond donors (Lipinski definition) is 2. The molecule has 0 heterocycles. The summed E-state index contributed by atoms with van der Waals surface area (Å²) in [4.78, 5) is -0.577. The Morgan fingerprint density at radius 3 is 1.43 bits per heavy atom. The van der Waals surface area contributed by atoms with Crippen molar-refractivity contribution in [3.05, 3.63) is 96.1 Å². The standard InChI is InChI=1S/2C20H26O5S.Ca/c2*1-2-3-4-5-6-10-13-17-19(26(22,23)24)15-14-18(21)20(17)25-16-11-8-7-9-12-16;/h2*7-9,11-12,14-15,21H,2-6,10,13H2,1H3,(H,22,23,24);/q;;+2/p-2. The molecule has 0 unspecified atom stereocenters. The molecule has 0 fully saturated rings. The molecule has 0 aromatic heterocycles. The van der Waals surface area contributed by atoms with Crippen LogP contribution in [-0.2, 0) is 33.1 Å². The third-order valence-corrected chi connectivity index (χ3v) is 10.3. The normalized spacial score (nSPS) is 11.2. The Labute approximate surface area is 345 Å². The molecular weight excluding hydrogens is 745 g/mol. The number of phenols is 1. The molecular formula is C40H50CaO10S2. The van der Waals surface area contributed by atoms with Crippen molar-refractivity contribution in [2.45, 2.75) is 114 Å². The van der Waals surface area contributed by atoms with Gasteiger partial charge in [0.25, 0.3) is 10.1 Å². The minimum absolute atomic E-state index is 0. The zero-order chi connectivity index (χ0) is 38.0. The molecule has 0 spiro atoms. The molecule has 0 bridgehead atoms. The smallest absolute Gasteiger partial charge is 0.870 e. The van der Waals surface area contributed by atoms with Gasteiger partial charge in [-0.15, -0.1) is 0 Å². The molecule has 0 aliphatic carbocycles. The third kappa shape index (κ3) is 15.8. The number of ether oxygens (including phenoxy) is 2. The maximum Gasteiger partial charge on any atom is 2.00 e. The minimum Gasteiger partial charge on any atom is -0.870 e. The number of aromatic hydroxyl groups is 1. The Morgan fingerprint density at radius 2 is 0.981 bits per heavy atom. The van der Waals surface area contributed by atoms with Gasteiger partial charge in [-0.1, -0.05) is 126 Å². The summed E-state index contributed by atoms with van der Waals surface area (Å²) in [5, 5.41) is 22.5. The molecule has 0 aliphatic heterocycles. The van der Waals surface area contributed by atoms with Gasteiger partial charge in [-0.05, 0) is 68.1 Å². The zero-order valence-electron chi connectivity index (χ0n) is 30.7. The summed E-state index contributed by atoms with van der Waals surface area (Å²) in [5.41, 5.74) is 0.499. The van der Waals surface area contributed by atoms with Gasteiger partial charge in [0.15, 0.2) is 11.5 Å². The summed E-state index contributed by atoms with van der Waals surface area (Å²) in [7, 11) is -9.09. The summed E-state index contributed by atoms with van der Waals surface area (Å²) in [6, 6.07) is 22.1. The summed E-state index contributed by atoms with van der Waals surface area (Å²) >= 11 is 0. The van der Waals surface area contributed by atoms with E-state index >= 15 is 0 Å². The van der Waals surface area contributed by atoms with Crippen LogP contribution in [0.15, 0.2) is 94.7 Å². The first-order valence-electron chi connectivity index (χ1n) is 17.9. The number of rotatable bonds is 20. The average molecular weight is 795 g/mol. The van der Waals surface area contributed by atoms with Crippen LogP contribution in [0.4, 0.5) is 0 Å². The maximum absolute atomic E-state index is 12.3. The van der Waals surface area contributed by atoms with E-state index in [1.807, 2.05) is 6.07 Å². The summed E-state index contributed by atoms with van der Waals surface area (Å²) in [5.74, 6) is 0.347. The van der Waals surface area contributed by atoms with Gasteiger partial charge in [0.1, 0.15) is 32.3 Å². The van der Waals surface area contributed by atoms with Gasteiger partial charge < -0.3 is 24.2 Å². The largest absolute Gasteiger partial charge is 2.00 e. The summed E-state index contributed by atoms with van der Waals surface area (Å²) in [6.45, 7) is 4.29. The maximum atomic E-state index is 12.3. The molecule has 13 heteroatoms. The second kappa shape index (κ2) is 23.8. The fraction of sp³-hybridized carbons (Fsp3) is 0.400. The van der Waals surface area contributed by atoms with E-state index in [2.05, 4.69) is 13.8 Å². The van der Waals surface area contributed by atoms with E-state index in [0.29, 0.717) is 36.3 Å². The molecule has 4 aromatic rings. The van der Waals surface area contributed by atoms with Crippen molar-refractivity contribution in [2.75, 3.05) is 0 Å². The molecule has 10 nitrogen and oxygen atoms in total. The summed E-state index contributed by atoms with van der Waals surface area (Å²) in [6.07, 6.45) is 13.1. The molecule has 53 heavy (non-hydrogen) atoms. The number of phenolic OH excluding ortho intramolecular Hbond substituents is 1. The van der Waals surface area contributed by atoms with Gasteiger partial charge in [0.2, 0.25) is 0 Å². The van der Waals surface area contributed by atoms with Crippen molar-refractivity contribution in [3.8, 4) is 34.5 Å². The number of hydrogen-bond acceptors (Lipinski definition) is 9. The third-order valence-electron chi connectivity index (χ3n) is 8.41. The van der Waals surface area contributed by atoms with Crippen LogP contribution in [0, 0.1) is 0 Å². The molecule has 2 N–H and O–H groups in total. The first-order valence-corrected chi connectivity index (χ1v) is 20.8. The predicted molar refractivity (Wildman–Crippen MR) is 205 cm³/mol. The Hall–Kier alpha value is -2.84. The molecule has 0 saturated heterocycles. The fourth-order valence-electron chi connectivity index (χ4n) is 5.74. The van der Waals surface area contributed by atoms with Gasteiger partial charge in [-0.3, -0.25) is 4.55 Å². The van der Waals surface area contributed by atoms with Crippen LogP contribution in [0.1, 0.15) is 102 Å². The topological polar surface area (TPSA) is 173 Å². The monoisotopic (exact) mass is 794 g/mol. The Bertz CT molecular complexity index is 1750. The predicted octanol–water partition coefficient (Wildman–Crippen LogP) is 9.31. The second-order valence-electron chi connectivity index (χ2n) is 12.6. The van der Waals surface area contributed by atoms with Gasteiger partial charge in [-0.2, -0.15) is 8.42 Å². The second-order valence-corrected chi connectivity index (χ2v) is 15.3. The van der Waals surface area contributed by atoms with Crippen molar-refractivity contribution >= 4 is 58.0 Å². The van der Waals surface area contributed by atoms with E-state index in [9.17, 15) is 36.2 Å². The van der Waals surface area contributed by atoms with Crippen molar-refractivity contribution < 1.29 is 45.6 Å². The molecule has 0 radical (unpaired) electrons. The number of benzene rings is 4. The van der Waals surface area contributed by atoms with Gasteiger partial charge in [0.05, 0.1) is 4.90 Å².